The molecule has 0 aliphatic heterocycles. The van der Waals surface area contributed by atoms with Crippen molar-refractivity contribution >= 4 is 6.09 Å². The third kappa shape index (κ3) is 10.4. The molecule has 0 spiro atoms. The van der Waals surface area contributed by atoms with E-state index < -0.39 is 6.09 Å². The lowest BCUT2D eigenvalue weighted by molar-refractivity contribution is 0.187. The van der Waals surface area contributed by atoms with Gasteiger partial charge in [0.1, 0.15) is 0 Å². The largest absolute Gasteiger partial charge is 0.419 e. The Morgan fingerprint density at radius 3 is 2.53 bits per heavy atom. The zero-order valence-electron chi connectivity index (χ0n) is 9.24. The number of unbranched alkanes of at least 4 members (excludes halogenated alkanes) is 1. The molecule has 0 aliphatic rings. The molecule has 84 valence electrons. The molecule has 0 saturated carbocycles. The van der Waals surface area contributed by atoms with Crippen LogP contribution in [0.3, 0.4) is 0 Å². The van der Waals surface area contributed by atoms with Crippen molar-refractivity contribution in [1.82, 2.24) is 5.32 Å². The molecule has 0 aliphatic carbocycles. The summed E-state index contributed by atoms with van der Waals surface area (Å²) in [5.41, 5.74) is 0. The van der Waals surface area contributed by atoms with Crippen LogP contribution in [0.5, 0.6) is 0 Å². The molecule has 3 heteroatoms. The van der Waals surface area contributed by atoms with Gasteiger partial charge in [0.25, 0.3) is 0 Å². The van der Waals surface area contributed by atoms with Crippen molar-refractivity contribution in [3.63, 3.8) is 0 Å². The summed E-state index contributed by atoms with van der Waals surface area (Å²) in [4.78, 5) is 10.8. The first-order valence-corrected chi connectivity index (χ1v) is 5.16. The van der Waals surface area contributed by atoms with Gasteiger partial charge in [-0.05, 0) is 19.3 Å². The Kier molecular flexibility index (Phi) is 9.51. The van der Waals surface area contributed by atoms with Gasteiger partial charge in [-0.3, -0.25) is 0 Å². The third-order valence-corrected chi connectivity index (χ3v) is 1.62. The van der Waals surface area contributed by atoms with Crippen molar-refractivity contribution in [2.75, 3.05) is 6.54 Å². The number of ether oxygens (including phenoxy) is 1. The summed E-state index contributed by atoms with van der Waals surface area (Å²) in [6.07, 6.45) is 12.0. The van der Waals surface area contributed by atoms with Crippen LogP contribution in [0.1, 0.15) is 26.2 Å². The van der Waals surface area contributed by atoms with Gasteiger partial charge in [0, 0.05) is 6.54 Å². The number of carbonyl (C=O) groups is 1. The fourth-order valence-corrected chi connectivity index (χ4v) is 0.938. The van der Waals surface area contributed by atoms with Crippen LogP contribution in [0.15, 0.2) is 37.1 Å². The van der Waals surface area contributed by atoms with Gasteiger partial charge in [-0.2, -0.15) is 0 Å². The van der Waals surface area contributed by atoms with Crippen molar-refractivity contribution in [2.24, 2.45) is 0 Å². The Morgan fingerprint density at radius 2 is 1.93 bits per heavy atom. The molecule has 0 bridgehead atoms. The number of amides is 1. The third-order valence-electron chi connectivity index (χ3n) is 1.62. The molecule has 0 aromatic rings. The molecule has 1 amide bonds. The highest BCUT2D eigenvalue weighted by Crippen LogP contribution is 1.93. The Hall–Kier alpha value is -1.51. The van der Waals surface area contributed by atoms with Crippen LogP contribution in [0, 0.1) is 0 Å². The van der Waals surface area contributed by atoms with Gasteiger partial charge in [-0.15, -0.1) is 0 Å². The highest BCUT2D eigenvalue weighted by Gasteiger charge is 1.93. The molecule has 0 aromatic heterocycles. The van der Waals surface area contributed by atoms with Crippen molar-refractivity contribution < 1.29 is 9.53 Å². The van der Waals surface area contributed by atoms with Gasteiger partial charge in [-0.1, -0.05) is 37.8 Å². The highest BCUT2D eigenvalue weighted by atomic mass is 16.5. The SMILES string of the molecule is C=COC(=O)NCC=CCCC=CCC. The molecule has 15 heavy (non-hydrogen) atoms. The second kappa shape index (κ2) is 10.6. The minimum Gasteiger partial charge on any atom is -0.419 e. The van der Waals surface area contributed by atoms with Crippen LogP contribution < -0.4 is 5.32 Å². The Morgan fingerprint density at radius 1 is 1.27 bits per heavy atom. The van der Waals surface area contributed by atoms with Gasteiger partial charge in [-0.25, -0.2) is 4.79 Å². The molecule has 0 fully saturated rings. The van der Waals surface area contributed by atoms with E-state index in [1.807, 2.05) is 12.2 Å². The van der Waals surface area contributed by atoms with E-state index >= 15 is 0 Å². The first-order chi connectivity index (χ1) is 7.31. The molecule has 0 saturated heterocycles. The maximum atomic E-state index is 10.8. The minimum absolute atomic E-state index is 0.472. The fourth-order valence-electron chi connectivity index (χ4n) is 0.938. The second-order valence-corrected chi connectivity index (χ2v) is 2.88. The maximum absolute atomic E-state index is 10.8. The molecule has 1 N–H and O–H groups in total. The van der Waals surface area contributed by atoms with Gasteiger partial charge < -0.3 is 10.1 Å². The van der Waals surface area contributed by atoms with E-state index in [1.165, 1.54) is 0 Å². The number of hydrogen-bond acceptors (Lipinski definition) is 2. The predicted molar refractivity (Wildman–Crippen MR) is 62.5 cm³/mol. The molecular formula is C12H19NO2. The molecule has 0 rings (SSSR count). The first kappa shape index (κ1) is 13.5. The van der Waals surface area contributed by atoms with E-state index in [2.05, 4.69) is 35.7 Å². The van der Waals surface area contributed by atoms with Crippen LogP contribution in [0.2, 0.25) is 0 Å². The topological polar surface area (TPSA) is 38.3 Å². The molecule has 0 heterocycles. The number of nitrogens with one attached hydrogen (secondary N) is 1. The average Bonchev–Trinajstić information content (AvgIpc) is 2.22. The number of carbonyl (C=O) groups excluding carboxylic acids is 1. The summed E-state index contributed by atoms with van der Waals surface area (Å²) in [5, 5.41) is 2.55. The maximum Gasteiger partial charge on any atom is 0.412 e. The van der Waals surface area contributed by atoms with Crippen molar-refractivity contribution in [1.29, 1.82) is 0 Å². The average molecular weight is 209 g/mol. The smallest absolute Gasteiger partial charge is 0.412 e. The lowest BCUT2D eigenvalue weighted by Gasteiger charge is -1.98. The van der Waals surface area contributed by atoms with E-state index in [1.54, 1.807) is 0 Å². The zero-order chi connectivity index (χ0) is 11.4. The summed E-state index contributed by atoms with van der Waals surface area (Å²) < 4.78 is 4.47. The summed E-state index contributed by atoms with van der Waals surface area (Å²) >= 11 is 0. The predicted octanol–water partition coefficient (Wildman–Crippen LogP) is 3.16. The molecule has 3 nitrogen and oxygen atoms in total. The van der Waals surface area contributed by atoms with E-state index in [-0.39, 0.29) is 0 Å². The zero-order valence-corrected chi connectivity index (χ0v) is 9.24. The molecule has 0 aromatic carbocycles. The second-order valence-electron chi connectivity index (χ2n) is 2.88. The lowest BCUT2D eigenvalue weighted by Crippen LogP contribution is -2.22. The van der Waals surface area contributed by atoms with E-state index in [0.29, 0.717) is 6.54 Å². The summed E-state index contributed by atoms with van der Waals surface area (Å²) in [6.45, 7) is 5.88. The van der Waals surface area contributed by atoms with E-state index in [4.69, 9.17) is 0 Å². The molecule has 0 unspecified atom stereocenters. The number of rotatable bonds is 7. The monoisotopic (exact) mass is 209 g/mol. The van der Waals surface area contributed by atoms with Crippen LogP contribution >= 0.6 is 0 Å². The minimum atomic E-state index is -0.472. The Labute approximate surface area is 91.5 Å². The van der Waals surface area contributed by atoms with Gasteiger partial charge >= 0.3 is 6.09 Å². The lowest BCUT2D eigenvalue weighted by atomic mass is 10.2. The highest BCUT2D eigenvalue weighted by molar-refractivity contribution is 5.67. The van der Waals surface area contributed by atoms with Crippen molar-refractivity contribution in [3.8, 4) is 0 Å². The quantitative estimate of drug-likeness (QED) is 0.397. The Bertz CT molecular complexity index is 232. The van der Waals surface area contributed by atoms with Crippen molar-refractivity contribution in [3.05, 3.63) is 37.1 Å². The summed E-state index contributed by atoms with van der Waals surface area (Å²) in [6, 6.07) is 0. The van der Waals surface area contributed by atoms with Gasteiger partial charge in [0.2, 0.25) is 0 Å². The normalized spacial score (nSPS) is 10.7. The Balaban J connectivity index is 3.34. The number of alkyl carbamates (subject to hydrolysis) is 1. The molecular weight excluding hydrogens is 190 g/mol. The first-order valence-electron chi connectivity index (χ1n) is 5.16. The van der Waals surface area contributed by atoms with Crippen LogP contribution in [0.25, 0.3) is 0 Å². The van der Waals surface area contributed by atoms with Gasteiger partial charge in [0.15, 0.2) is 0 Å². The van der Waals surface area contributed by atoms with Crippen LogP contribution in [-0.4, -0.2) is 12.6 Å². The van der Waals surface area contributed by atoms with E-state index in [0.717, 1.165) is 25.5 Å². The number of hydrogen-bond donors (Lipinski definition) is 1. The molecule has 0 atom stereocenters. The fraction of sp³-hybridized carbons (Fsp3) is 0.417. The van der Waals surface area contributed by atoms with Crippen LogP contribution in [0.4, 0.5) is 4.79 Å². The standard InChI is InChI=1S/C12H19NO2/c1-3-5-6-7-8-9-10-11-13-12(14)15-4-2/h4-6,9-10H,2-3,7-8,11H2,1H3,(H,13,14). The van der Waals surface area contributed by atoms with Gasteiger partial charge in [0.05, 0.1) is 6.26 Å². The van der Waals surface area contributed by atoms with E-state index in [9.17, 15) is 4.79 Å². The summed E-state index contributed by atoms with van der Waals surface area (Å²) in [5.74, 6) is 0. The molecule has 0 radical (unpaired) electrons. The van der Waals surface area contributed by atoms with Crippen molar-refractivity contribution in [2.45, 2.75) is 26.2 Å². The summed E-state index contributed by atoms with van der Waals surface area (Å²) in [7, 11) is 0. The van der Waals surface area contributed by atoms with Crippen LogP contribution in [-0.2, 0) is 4.74 Å². The number of allylic oxidation sites excluding steroid dienone is 3.